The summed E-state index contributed by atoms with van der Waals surface area (Å²) in [4.78, 5) is 26.2. The highest BCUT2D eigenvalue weighted by Gasteiger charge is 2.22. The average molecular weight is 541 g/mol. The van der Waals surface area contributed by atoms with Gasteiger partial charge in [0, 0.05) is 42.8 Å². The van der Waals surface area contributed by atoms with Crippen LogP contribution in [0.1, 0.15) is 104 Å². The Hall–Kier alpha value is -3.02. The van der Waals surface area contributed by atoms with Crippen molar-refractivity contribution in [3.05, 3.63) is 62.4 Å². The van der Waals surface area contributed by atoms with E-state index in [-0.39, 0.29) is 5.56 Å². The Bertz CT molecular complexity index is 1240. The Morgan fingerprint density at radius 1 is 1.10 bits per heavy atom. The molecular weight excluding hydrogens is 488 g/mol. The van der Waals surface area contributed by atoms with Crippen molar-refractivity contribution in [2.75, 3.05) is 20.2 Å². The first-order chi connectivity index (χ1) is 18.5. The van der Waals surface area contributed by atoms with E-state index in [1.165, 1.54) is 24.3 Å². The van der Waals surface area contributed by atoms with E-state index < -0.39 is 11.4 Å². The number of fused-ring (bicyclic) bond motifs is 1. The molecule has 1 aromatic carbocycles. The predicted octanol–water partition coefficient (Wildman–Crippen LogP) is 6.12. The van der Waals surface area contributed by atoms with Crippen LogP contribution in [-0.2, 0) is 6.54 Å². The molecule has 0 radical (unpaired) electrons. The van der Waals surface area contributed by atoms with Crippen LogP contribution in [0.2, 0.25) is 0 Å². The third kappa shape index (κ3) is 9.59. The quantitative estimate of drug-likeness (QED) is 0.408. The minimum Gasteiger partial charge on any atom is -0.493 e. The van der Waals surface area contributed by atoms with Gasteiger partial charge >= 0.3 is 5.97 Å². The van der Waals surface area contributed by atoms with Gasteiger partial charge in [-0.25, -0.2) is 4.79 Å². The van der Waals surface area contributed by atoms with E-state index in [0.29, 0.717) is 19.1 Å². The fourth-order valence-electron chi connectivity index (χ4n) is 4.32. The number of aromatic carboxylic acids is 1. The Balaban J connectivity index is 0.00000116. The Morgan fingerprint density at radius 2 is 1.74 bits per heavy atom. The van der Waals surface area contributed by atoms with Crippen LogP contribution in [0.3, 0.4) is 0 Å². The monoisotopic (exact) mass is 540 g/mol. The van der Waals surface area contributed by atoms with E-state index in [1.54, 1.807) is 0 Å². The van der Waals surface area contributed by atoms with Gasteiger partial charge in [-0.3, -0.25) is 4.79 Å². The summed E-state index contributed by atoms with van der Waals surface area (Å²) in [7, 11) is 2.01. The number of hydrogen-bond donors (Lipinski definition) is 1. The number of carbonyl (C=O) groups is 1. The zero-order valence-corrected chi connectivity index (χ0v) is 26.1. The van der Waals surface area contributed by atoms with Gasteiger partial charge in [0.25, 0.3) is 0 Å². The molecule has 0 fully saturated rings. The summed E-state index contributed by atoms with van der Waals surface area (Å²) in [5, 5.41) is 11.5. The Morgan fingerprint density at radius 3 is 2.31 bits per heavy atom. The largest absolute Gasteiger partial charge is 0.493 e. The van der Waals surface area contributed by atoms with E-state index in [2.05, 4.69) is 59.4 Å². The van der Waals surface area contributed by atoms with Crippen LogP contribution in [0.25, 0.3) is 11.3 Å². The second kappa shape index (κ2) is 16.8. The van der Waals surface area contributed by atoms with Gasteiger partial charge in [0.05, 0.1) is 18.0 Å². The molecule has 1 unspecified atom stereocenters. The number of pyridine rings is 1. The summed E-state index contributed by atoms with van der Waals surface area (Å²) < 4.78 is 8.16. The van der Waals surface area contributed by atoms with Gasteiger partial charge in [-0.2, -0.15) is 0 Å². The maximum atomic E-state index is 12.6. The van der Waals surface area contributed by atoms with Crippen molar-refractivity contribution >= 4 is 17.2 Å². The summed E-state index contributed by atoms with van der Waals surface area (Å²) in [6.45, 7) is 21.2. The van der Waals surface area contributed by atoms with Crippen molar-refractivity contribution in [3.8, 4) is 5.75 Å². The van der Waals surface area contributed by atoms with Crippen LogP contribution in [-0.4, -0.2) is 40.7 Å². The lowest BCUT2D eigenvalue weighted by Gasteiger charge is -2.32. The molecule has 0 saturated carbocycles. The smallest absolute Gasteiger partial charge is 0.341 e. The lowest BCUT2D eigenvalue weighted by Crippen LogP contribution is -2.41. The second-order valence-corrected chi connectivity index (χ2v) is 10.8. The average Bonchev–Trinajstić information content (AvgIpc) is 2.90. The number of aromatic nitrogens is 1. The van der Waals surface area contributed by atoms with Crippen LogP contribution < -0.4 is 20.6 Å². The van der Waals surface area contributed by atoms with Crippen molar-refractivity contribution in [3.63, 3.8) is 0 Å². The number of carboxylic acid groups (broad SMARTS) is 1. The van der Waals surface area contributed by atoms with Crippen molar-refractivity contribution in [1.82, 2.24) is 9.47 Å². The van der Waals surface area contributed by atoms with Crippen LogP contribution in [0.4, 0.5) is 0 Å². The van der Waals surface area contributed by atoms with Crippen molar-refractivity contribution in [1.29, 1.82) is 0 Å². The molecule has 2 heterocycles. The van der Waals surface area contributed by atoms with Gasteiger partial charge in [-0.05, 0) is 44.1 Å². The normalized spacial score (nSPS) is 15.3. The Kier molecular flexibility index (Phi) is 14.7. The minimum atomic E-state index is -1.19. The molecular formula is C33H52N2O4. The molecule has 0 spiro atoms. The van der Waals surface area contributed by atoms with Crippen LogP contribution >= 0.6 is 0 Å². The fraction of sp³-hybridized carbons (Fsp3) is 0.576. The molecule has 0 aliphatic carbocycles. The highest BCUT2D eigenvalue weighted by molar-refractivity contribution is 5.87. The molecule has 1 N–H and O–H groups in total. The third-order valence-corrected chi connectivity index (χ3v) is 6.69. The zero-order chi connectivity index (χ0) is 29.7. The first-order valence-electron chi connectivity index (χ1n) is 14.7. The summed E-state index contributed by atoms with van der Waals surface area (Å²) in [5.74, 6) is 1.19. The van der Waals surface area contributed by atoms with Crippen molar-refractivity contribution in [2.45, 2.75) is 94.5 Å². The van der Waals surface area contributed by atoms with Crippen molar-refractivity contribution < 1.29 is 14.6 Å². The van der Waals surface area contributed by atoms with Gasteiger partial charge < -0.3 is 19.3 Å². The molecule has 218 valence electrons. The van der Waals surface area contributed by atoms with E-state index in [1.807, 2.05) is 37.6 Å². The zero-order valence-electron chi connectivity index (χ0n) is 26.1. The summed E-state index contributed by atoms with van der Waals surface area (Å²) in [6, 6.07) is 7.54. The molecule has 6 nitrogen and oxygen atoms in total. The van der Waals surface area contributed by atoms with Crippen molar-refractivity contribution in [2.24, 2.45) is 11.8 Å². The summed E-state index contributed by atoms with van der Waals surface area (Å²) in [5.41, 5.74) is 2.19. The lowest BCUT2D eigenvalue weighted by molar-refractivity contribution is 0.0694. The molecule has 2 aromatic rings. The van der Waals surface area contributed by atoms with Gasteiger partial charge in [0.2, 0.25) is 0 Å². The number of ether oxygens (including phenoxy) is 1. The number of carboxylic acids is 1. The molecule has 1 aliphatic rings. The van der Waals surface area contributed by atoms with Crippen LogP contribution in [0.15, 0.2) is 35.3 Å². The van der Waals surface area contributed by atoms with Gasteiger partial charge in [-0.1, -0.05) is 79.5 Å². The maximum Gasteiger partial charge on any atom is 0.341 e. The predicted molar refractivity (Wildman–Crippen MR) is 164 cm³/mol. The third-order valence-electron chi connectivity index (χ3n) is 6.69. The van der Waals surface area contributed by atoms with Gasteiger partial charge in [0.1, 0.15) is 11.3 Å². The highest BCUT2D eigenvalue weighted by Crippen LogP contribution is 2.20. The van der Waals surface area contributed by atoms with Crippen LogP contribution in [0.5, 0.6) is 5.75 Å². The lowest BCUT2D eigenvalue weighted by atomic mass is 10.0. The van der Waals surface area contributed by atoms with E-state index in [4.69, 9.17) is 4.74 Å². The standard InChI is InChI=1S/C27H36N2O4.C4H10.C2H6/c1-6-18(3)10-9-15-33-24-12-8-11-20(25(24)19(4)7-2)26-22-16-23(30)21(27(31)32)17-29(22)14-13-28(26)5;1-4(2)3;1-2/h8,11-12,16-18H,6-7,9-10,13-15H2,1-5H3,(H,31,32);4H,1-3H3;1-2H3/b25-19?,26-20-;;. The van der Waals surface area contributed by atoms with E-state index in [0.717, 1.165) is 59.3 Å². The highest BCUT2D eigenvalue weighted by atomic mass is 16.5. The number of benzene rings is 1. The molecule has 1 aromatic heterocycles. The Labute approximate surface area is 236 Å². The van der Waals surface area contributed by atoms with E-state index >= 15 is 0 Å². The second-order valence-electron chi connectivity index (χ2n) is 10.8. The maximum absolute atomic E-state index is 12.6. The SMILES string of the molecule is CC.CC(C)C.CCC(C)=c1c(OCCCC(C)CC)ccc/c1=C1\c2cc(=O)c(C(=O)O)cn2CCN1C. The van der Waals surface area contributed by atoms with E-state index in [9.17, 15) is 14.7 Å². The van der Waals surface area contributed by atoms with Crippen LogP contribution in [0, 0.1) is 11.8 Å². The molecule has 0 saturated heterocycles. The molecule has 0 bridgehead atoms. The molecule has 6 heteroatoms. The number of nitrogens with zero attached hydrogens (tertiary/aromatic N) is 2. The number of hydrogen-bond acceptors (Lipinski definition) is 4. The molecule has 39 heavy (non-hydrogen) atoms. The minimum absolute atomic E-state index is 0.197. The molecule has 1 atom stereocenters. The van der Waals surface area contributed by atoms with Gasteiger partial charge in [-0.15, -0.1) is 0 Å². The summed E-state index contributed by atoms with van der Waals surface area (Å²) in [6.07, 6.45) is 5.68. The molecule has 1 aliphatic heterocycles. The molecule has 0 amide bonds. The van der Waals surface area contributed by atoms with Gasteiger partial charge in [0.15, 0.2) is 5.43 Å². The summed E-state index contributed by atoms with van der Waals surface area (Å²) >= 11 is 0. The first-order valence-corrected chi connectivity index (χ1v) is 14.7. The topological polar surface area (TPSA) is 71.8 Å². The molecule has 3 rings (SSSR count). The fourth-order valence-corrected chi connectivity index (χ4v) is 4.32. The number of likely N-dealkylation sites (N-methyl/N-ethyl adjacent to an activating group) is 1. The number of rotatable bonds is 8. The first kappa shape index (κ1) is 34.0.